The average molecular weight is 782 g/mol. The van der Waals surface area contributed by atoms with Gasteiger partial charge in [-0.15, -0.1) is 11.3 Å². The Hall–Kier alpha value is -7.00. The number of anilines is 3. The molecule has 0 radical (unpaired) electrons. The third kappa shape index (κ3) is 4.41. The Bertz CT molecular complexity index is 3370. The predicted molar refractivity (Wildman–Crippen MR) is 253 cm³/mol. The van der Waals surface area contributed by atoms with Gasteiger partial charge in [-0.25, -0.2) is 0 Å². The highest BCUT2D eigenvalue weighted by molar-refractivity contribution is 7.26. The molecule has 0 saturated carbocycles. The number of thiophene rings is 1. The van der Waals surface area contributed by atoms with E-state index in [2.05, 4.69) is 219 Å². The van der Waals surface area contributed by atoms with Crippen molar-refractivity contribution in [3.8, 4) is 44.5 Å². The normalized spacial score (nSPS) is 14.4. The molecule has 0 aliphatic heterocycles. The van der Waals surface area contributed by atoms with Gasteiger partial charge in [0, 0.05) is 42.6 Å². The van der Waals surface area contributed by atoms with E-state index < -0.39 is 5.41 Å². The van der Waals surface area contributed by atoms with Crippen LogP contribution in [0.1, 0.15) is 47.2 Å². The van der Waals surface area contributed by atoms with Gasteiger partial charge >= 0.3 is 0 Å². The van der Waals surface area contributed by atoms with E-state index >= 15 is 0 Å². The van der Waals surface area contributed by atoms with Crippen LogP contribution in [-0.4, -0.2) is 0 Å². The van der Waals surface area contributed by atoms with E-state index in [1.165, 1.54) is 98.1 Å². The van der Waals surface area contributed by atoms with Gasteiger partial charge in [0.05, 0.1) is 5.41 Å². The zero-order valence-electron chi connectivity index (χ0n) is 33.4. The minimum absolute atomic E-state index is 0.132. The lowest BCUT2D eigenvalue weighted by molar-refractivity contribution is 0.660. The summed E-state index contributed by atoms with van der Waals surface area (Å²) in [5.74, 6) is 0. The molecule has 0 bridgehead atoms. The summed E-state index contributed by atoms with van der Waals surface area (Å²) < 4.78 is 2.65. The summed E-state index contributed by atoms with van der Waals surface area (Å²) in [5.41, 5.74) is 21.4. The molecular formula is C58H39NS. The third-order valence-corrected chi connectivity index (χ3v) is 15.1. The Morgan fingerprint density at radius 2 is 0.817 bits per heavy atom. The van der Waals surface area contributed by atoms with E-state index in [1.807, 2.05) is 11.3 Å². The maximum Gasteiger partial charge on any atom is 0.0726 e. The molecule has 282 valence electrons. The standard InChI is InChI=1S/C58H39NS/c1-57(2)49-24-8-3-17-41(49)45-31-29-38(34-53(45)57)59(37-16-13-15-36(33-37)40-22-14-23-48-47-21-7-12-28-55(47)60-56(40)48)39-30-32-46-44-20-6-11-27-52(44)58(54(46)35-39)50-25-9-4-18-42(50)43-19-5-10-26-51(43)58/h3-35H,1-2H3. The number of fused-ring (bicyclic) bond motifs is 16. The molecule has 0 amide bonds. The van der Waals surface area contributed by atoms with Crippen LogP contribution in [0.5, 0.6) is 0 Å². The fourth-order valence-corrected chi connectivity index (χ4v) is 12.5. The van der Waals surface area contributed by atoms with Gasteiger partial charge in [-0.3, -0.25) is 0 Å². The Balaban J connectivity index is 1.06. The minimum atomic E-state index is -0.430. The van der Waals surface area contributed by atoms with Crippen molar-refractivity contribution in [2.45, 2.75) is 24.7 Å². The van der Waals surface area contributed by atoms with Crippen LogP contribution in [0, 0.1) is 0 Å². The molecule has 3 aliphatic carbocycles. The van der Waals surface area contributed by atoms with Gasteiger partial charge in [0.25, 0.3) is 0 Å². The monoisotopic (exact) mass is 781 g/mol. The molecule has 13 rings (SSSR count). The fourth-order valence-electron chi connectivity index (χ4n) is 11.3. The molecule has 1 nitrogen and oxygen atoms in total. The lowest BCUT2D eigenvalue weighted by Gasteiger charge is -2.32. The minimum Gasteiger partial charge on any atom is -0.310 e. The van der Waals surface area contributed by atoms with Crippen LogP contribution in [-0.2, 0) is 10.8 Å². The SMILES string of the molecule is CC1(C)c2ccccc2-c2ccc(N(c3cccc(-c4cccc5c4sc4ccccc45)c3)c3ccc4c(c3)C3(c5ccccc5-c5ccccc53)c3ccccc3-4)cc21. The highest BCUT2D eigenvalue weighted by atomic mass is 32.1. The maximum absolute atomic E-state index is 2.51. The molecular weight excluding hydrogens is 743 g/mol. The Morgan fingerprint density at radius 3 is 1.48 bits per heavy atom. The number of rotatable bonds is 4. The molecule has 2 heteroatoms. The highest BCUT2D eigenvalue weighted by Gasteiger charge is 2.51. The molecule has 60 heavy (non-hydrogen) atoms. The first-order chi connectivity index (χ1) is 29.5. The lowest BCUT2D eigenvalue weighted by atomic mass is 9.70. The lowest BCUT2D eigenvalue weighted by Crippen LogP contribution is -2.26. The highest BCUT2D eigenvalue weighted by Crippen LogP contribution is 2.63. The molecule has 0 N–H and O–H groups in total. The molecule has 3 aliphatic rings. The summed E-state index contributed by atoms with van der Waals surface area (Å²) in [7, 11) is 0. The average Bonchev–Trinajstić information content (AvgIpc) is 3.99. The van der Waals surface area contributed by atoms with Gasteiger partial charge in [0.2, 0.25) is 0 Å². The second kappa shape index (κ2) is 12.3. The van der Waals surface area contributed by atoms with E-state index in [0.29, 0.717) is 0 Å². The molecule has 9 aromatic carbocycles. The summed E-state index contributed by atoms with van der Waals surface area (Å²) in [5, 5.41) is 2.64. The zero-order valence-corrected chi connectivity index (χ0v) is 34.2. The van der Waals surface area contributed by atoms with E-state index in [-0.39, 0.29) is 5.41 Å². The van der Waals surface area contributed by atoms with Crippen molar-refractivity contribution >= 4 is 48.6 Å². The van der Waals surface area contributed by atoms with Crippen molar-refractivity contribution < 1.29 is 0 Å². The van der Waals surface area contributed by atoms with Crippen LogP contribution in [0.25, 0.3) is 64.7 Å². The molecule has 0 unspecified atom stereocenters. The van der Waals surface area contributed by atoms with Crippen LogP contribution in [0.15, 0.2) is 200 Å². The first kappa shape index (κ1) is 33.9. The van der Waals surface area contributed by atoms with Crippen molar-refractivity contribution in [3.05, 3.63) is 234 Å². The summed E-state index contributed by atoms with van der Waals surface area (Å²) in [6, 6.07) is 75.4. The molecule has 0 atom stereocenters. The van der Waals surface area contributed by atoms with Crippen molar-refractivity contribution in [3.63, 3.8) is 0 Å². The fraction of sp³-hybridized carbons (Fsp3) is 0.0690. The van der Waals surface area contributed by atoms with Gasteiger partial charge in [-0.05, 0) is 120 Å². The van der Waals surface area contributed by atoms with Crippen LogP contribution in [0.4, 0.5) is 17.1 Å². The van der Waals surface area contributed by atoms with E-state index in [1.54, 1.807) is 0 Å². The van der Waals surface area contributed by atoms with Gasteiger partial charge < -0.3 is 4.90 Å². The summed E-state index contributed by atoms with van der Waals surface area (Å²) >= 11 is 1.89. The van der Waals surface area contributed by atoms with E-state index in [9.17, 15) is 0 Å². The van der Waals surface area contributed by atoms with Crippen molar-refractivity contribution in [2.75, 3.05) is 4.90 Å². The number of hydrogen-bond acceptors (Lipinski definition) is 2. The summed E-state index contributed by atoms with van der Waals surface area (Å²) in [6.45, 7) is 4.76. The van der Waals surface area contributed by atoms with Crippen LogP contribution in [0.3, 0.4) is 0 Å². The van der Waals surface area contributed by atoms with Gasteiger partial charge in [-0.2, -0.15) is 0 Å². The zero-order chi connectivity index (χ0) is 39.7. The molecule has 0 saturated heterocycles. The molecule has 1 spiro atoms. The number of benzene rings is 9. The molecule has 10 aromatic rings. The van der Waals surface area contributed by atoms with Crippen LogP contribution < -0.4 is 4.90 Å². The summed E-state index contributed by atoms with van der Waals surface area (Å²) in [4.78, 5) is 2.51. The molecule has 1 aromatic heterocycles. The second-order valence-electron chi connectivity index (χ2n) is 17.2. The quantitative estimate of drug-likeness (QED) is 0.172. The molecule has 0 fully saturated rings. The third-order valence-electron chi connectivity index (χ3n) is 13.9. The number of nitrogens with zero attached hydrogens (tertiary/aromatic N) is 1. The number of hydrogen-bond donors (Lipinski definition) is 0. The van der Waals surface area contributed by atoms with E-state index in [4.69, 9.17) is 0 Å². The largest absolute Gasteiger partial charge is 0.310 e. The van der Waals surface area contributed by atoms with Crippen molar-refractivity contribution in [1.29, 1.82) is 0 Å². The maximum atomic E-state index is 2.51. The van der Waals surface area contributed by atoms with Crippen molar-refractivity contribution in [2.24, 2.45) is 0 Å². The topological polar surface area (TPSA) is 3.24 Å². The van der Waals surface area contributed by atoms with Crippen LogP contribution >= 0.6 is 11.3 Å². The van der Waals surface area contributed by atoms with E-state index in [0.717, 1.165) is 17.1 Å². The summed E-state index contributed by atoms with van der Waals surface area (Å²) in [6.07, 6.45) is 0. The Labute approximate surface area is 354 Å². The van der Waals surface area contributed by atoms with Gasteiger partial charge in [0.15, 0.2) is 0 Å². The smallest absolute Gasteiger partial charge is 0.0726 e. The second-order valence-corrected chi connectivity index (χ2v) is 18.2. The van der Waals surface area contributed by atoms with Crippen molar-refractivity contribution in [1.82, 2.24) is 0 Å². The van der Waals surface area contributed by atoms with Gasteiger partial charge in [-0.1, -0.05) is 172 Å². The Kier molecular flexibility index (Phi) is 6.94. The Morgan fingerprint density at radius 1 is 0.350 bits per heavy atom. The van der Waals surface area contributed by atoms with Crippen LogP contribution in [0.2, 0.25) is 0 Å². The first-order valence-electron chi connectivity index (χ1n) is 21.0. The first-order valence-corrected chi connectivity index (χ1v) is 21.8. The van der Waals surface area contributed by atoms with Gasteiger partial charge in [0.1, 0.15) is 0 Å². The predicted octanol–water partition coefficient (Wildman–Crippen LogP) is 15.8. The molecule has 1 heterocycles.